The molecule has 6 heteroatoms. The summed E-state index contributed by atoms with van der Waals surface area (Å²) in [6.07, 6.45) is -0.306. The van der Waals surface area contributed by atoms with Crippen LogP contribution in [0.3, 0.4) is 0 Å². The molecular weight excluding hydrogens is 389 g/mol. The molecule has 4 rings (SSSR count). The molecule has 2 bridgehead atoms. The van der Waals surface area contributed by atoms with Gasteiger partial charge in [0.1, 0.15) is 5.76 Å². The van der Waals surface area contributed by atoms with Crippen LogP contribution < -0.4 is 0 Å². The number of benzene rings is 1. The smallest absolute Gasteiger partial charge is 0.416 e. The van der Waals surface area contributed by atoms with E-state index in [1.54, 1.807) is 0 Å². The second kappa shape index (κ2) is 7.08. The Morgan fingerprint density at radius 2 is 1.71 bits per heavy atom. The number of hydrogen-bond acceptors (Lipinski definition) is 2. The lowest BCUT2D eigenvalue weighted by molar-refractivity contribution is -0.138. The summed E-state index contributed by atoms with van der Waals surface area (Å²) in [5.74, 6) is -0.0683. The molecule has 0 amide bonds. The highest BCUT2D eigenvalue weighted by molar-refractivity contribution is 6.30. The summed E-state index contributed by atoms with van der Waals surface area (Å²) in [5, 5.41) is 10.8. The lowest BCUT2D eigenvalue weighted by atomic mass is 9.66. The number of hydrogen-bond donors (Lipinski definition) is 1. The number of Topliss-reactive ketones (excluding diaryl/α,β-unsaturated/α-hetero) is 1. The van der Waals surface area contributed by atoms with Crippen molar-refractivity contribution in [2.45, 2.75) is 57.5 Å². The van der Waals surface area contributed by atoms with E-state index in [2.05, 4.69) is 0 Å². The minimum Gasteiger partial charge on any atom is -0.512 e. The minimum atomic E-state index is -4.47. The topological polar surface area (TPSA) is 37.3 Å². The molecule has 0 spiro atoms. The molecule has 3 aliphatic carbocycles. The maximum atomic E-state index is 13.6. The van der Waals surface area contributed by atoms with Crippen molar-refractivity contribution in [2.75, 3.05) is 0 Å². The summed E-state index contributed by atoms with van der Waals surface area (Å²) >= 11 is 5.83. The fourth-order valence-corrected chi connectivity index (χ4v) is 5.72. The average molecular weight is 413 g/mol. The lowest BCUT2D eigenvalue weighted by Crippen LogP contribution is -2.33. The van der Waals surface area contributed by atoms with Gasteiger partial charge in [0.05, 0.1) is 5.56 Å². The van der Waals surface area contributed by atoms with Gasteiger partial charge in [0.25, 0.3) is 0 Å². The predicted molar refractivity (Wildman–Crippen MR) is 101 cm³/mol. The molecule has 5 atom stereocenters. The van der Waals surface area contributed by atoms with E-state index in [-0.39, 0.29) is 51.7 Å². The molecule has 2 nitrogen and oxygen atoms in total. The van der Waals surface area contributed by atoms with Crippen LogP contribution in [0.5, 0.6) is 0 Å². The van der Waals surface area contributed by atoms with Gasteiger partial charge >= 0.3 is 6.18 Å². The van der Waals surface area contributed by atoms with Crippen LogP contribution >= 0.6 is 11.6 Å². The van der Waals surface area contributed by atoms with E-state index in [4.69, 9.17) is 11.6 Å². The van der Waals surface area contributed by atoms with Crippen molar-refractivity contribution in [3.05, 3.63) is 45.7 Å². The predicted octanol–water partition coefficient (Wildman–Crippen LogP) is 6.69. The Labute approximate surface area is 167 Å². The van der Waals surface area contributed by atoms with E-state index in [1.165, 1.54) is 12.1 Å². The average Bonchev–Trinajstić information content (AvgIpc) is 3.08. The largest absolute Gasteiger partial charge is 0.512 e. The van der Waals surface area contributed by atoms with Crippen molar-refractivity contribution in [3.63, 3.8) is 0 Å². The van der Waals surface area contributed by atoms with Crippen LogP contribution in [-0.4, -0.2) is 10.9 Å². The SMILES string of the molecule is CC1CCC(c2ccc(Cl)cc2C(F)(F)F)CC1C1=C(O)C2CC[C@H](C2)C1=O. The van der Waals surface area contributed by atoms with Gasteiger partial charge < -0.3 is 5.11 Å². The first-order chi connectivity index (χ1) is 13.2. The lowest BCUT2D eigenvalue weighted by Gasteiger charge is -2.38. The molecule has 0 aliphatic heterocycles. The molecule has 3 aliphatic rings. The van der Waals surface area contributed by atoms with E-state index in [0.29, 0.717) is 24.8 Å². The Hall–Kier alpha value is -1.49. The Bertz CT molecular complexity index is 830. The maximum Gasteiger partial charge on any atom is 0.416 e. The summed E-state index contributed by atoms with van der Waals surface area (Å²) in [5.41, 5.74) is 0.0742. The third-order valence-corrected chi connectivity index (χ3v) is 7.29. The summed E-state index contributed by atoms with van der Waals surface area (Å²) < 4.78 is 40.8. The molecule has 0 aromatic heterocycles. The zero-order valence-corrected chi connectivity index (χ0v) is 16.5. The number of fused-ring (bicyclic) bond motifs is 2. The van der Waals surface area contributed by atoms with Crippen LogP contribution in [0.1, 0.15) is 62.5 Å². The monoisotopic (exact) mass is 412 g/mol. The number of ketones is 1. The summed E-state index contributed by atoms with van der Waals surface area (Å²) in [4.78, 5) is 12.9. The van der Waals surface area contributed by atoms with Gasteiger partial charge in [0.15, 0.2) is 5.78 Å². The Balaban J connectivity index is 1.69. The first kappa shape index (κ1) is 19.8. The van der Waals surface area contributed by atoms with Crippen molar-refractivity contribution >= 4 is 17.4 Å². The second-order valence-electron chi connectivity index (χ2n) is 8.69. The third-order valence-electron chi connectivity index (χ3n) is 7.06. The summed E-state index contributed by atoms with van der Waals surface area (Å²) in [6.45, 7) is 2.04. The zero-order chi connectivity index (χ0) is 20.2. The summed E-state index contributed by atoms with van der Waals surface area (Å²) in [6, 6.07) is 3.97. The van der Waals surface area contributed by atoms with Crippen LogP contribution in [0.2, 0.25) is 5.02 Å². The molecular formula is C22H24ClF3O2. The van der Waals surface area contributed by atoms with Gasteiger partial charge in [-0.2, -0.15) is 13.2 Å². The quantitative estimate of drug-likeness (QED) is 0.587. The van der Waals surface area contributed by atoms with Crippen LogP contribution in [0.4, 0.5) is 13.2 Å². The Morgan fingerprint density at radius 3 is 2.43 bits per heavy atom. The number of alkyl halides is 3. The van der Waals surface area contributed by atoms with Crippen LogP contribution in [0.15, 0.2) is 29.5 Å². The molecule has 152 valence electrons. The third kappa shape index (κ3) is 3.36. The molecule has 2 saturated carbocycles. The van der Waals surface area contributed by atoms with Crippen LogP contribution in [0, 0.1) is 23.7 Å². The highest BCUT2D eigenvalue weighted by atomic mass is 35.5. The van der Waals surface area contributed by atoms with Crippen molar-refractivity contribution < 1.29 is 23.1 Å². The van der Waals surface area contributed by atoms with Gasteiger partial charge in [-0.15, -0.1) is 0 Å². The van der Waals surface area contributed by atoms with E-state index in [9.17, 15) is 23.1 Å². The number of aliphatic hydroxyl groups is 1. The molecule has 0 heterocycles. The number of rotatable bonds is 2. The zero-order valence-electron chi connectivity index (χ0n) is 15.7. The first-order valence-corrected chi connectivity index (χ1v) is 10.4. The highest BCUT2D eigenvalue weighted by Crippen LogP contribution is 2.51. The molecule has 1 aromatic carbocycles. The van der Waals surface area contributed by atoms with E-state index in [0.717, 1.165) is 25.3 Å². The van der Waals surface area contributed by atoms with Gasteiger partial charge in [-0.05, 0) is 74.0 Å². The molecule has 1 N–H and O–H groups in total. The first-order valence-electron chi connectivity index (χ1n) is 10.0. The number of carbonyl (C=O) groups excluding carboxylic acids is 1. The van der Waals surface area contributed by atoms with Gasteiger partial charge in [-0.3, -0.25) is 4.79 Å². The number of allylic oxidation sites excluding steroid dienone is 2. The van der Waals surface area contributed by atoms with Gasteiger partial charge in [-0.1, -0.05) is 24.6 Å². The van der Waals surface area contributed by atoms with E-state index < -0.39 is 11.7 Å². The van der Waals surface area contributed by atoms with Crippen LogP contribution in [-0.2, 0) is 11.0 Å². The number of aliphatic hydroxyl groups excluding tert-OH is 1. The Morgan fingerprint density at radius 1 is 1.04 bits per heavy atom. The maximum absolute atomic E-state index is 13.6. The number of carbonyl (C=O) groups is 1. The molecule has 0 radical (unpaired) electrons. The minimum absolute atomic E-state index is 0.0234. The van der Waals surface area contributed by atoms with E-state index in [1.807, 2.05) is 6.92 Å². The molecule has 4 unspecified atom stereocenters. The van der Waals surface area contributed by atoms with Gasteiger partial charge in [0.2, 0.25) is 0 Å². The normalized spacial score (nSPS) is 33.5. The van der Waals surface area contributed by atoms with Gasteiger partial charge in [-0.25, -0.2) is 0 Å². The van der Waals surface area contributed by atoms with Crippen molar-refractivity contribution in [2.24, 2.45) is 23.7 Å². The van der Waals surface area contributed by atoms with Crippen LogP contribution in [0.25, 0.3) is 0 Å². The van der Waals surface area contributed by atoms with Crippen molar-refractivity contribution in [3.8, 4) is 0 Å². The fourth-order valence-electron chi connectivity index (χ4n) is 5.54. The molecule has 1 aromatic rings. The summed E-state index contributed by atoms with van der Waals surface area (Å²) in [7, 11) is 0. The molecule has 0 saturated heterocycles. The van der Waals surface area contributed by atoms with Crippen molar-refractivity contribution in [1.29, 1.82) is 0 Å². The van der Waals surface area contributed by atoms with Gasteiger partial charge in [0, 0.05) is 22.4 Å². The Kier molecular flexibility index (Phi) is 5.01. The molecule has 28 heavy (non-hydrogen) atoms. The van der Waals surface area contributed by atoms with Crippen molar-refractivity contribution in [1.82, 2.24) is 0 Å². The second-order valence-corrected chi connectivity index (χ2v) is 9.13. The number of halogens is 4. The molecule has 2 fully saturated rings. The fraction of sp³-hybridized carbons (Fsp3) is 0.591. The highest BCUT2D eigenvalue weighted by Gasteiger charge is 2.46. The standard InChI is InChI=1S/C22H24ClF3O2/c1-11-2-3-12(16-7-6-15(23)10-18(16)22(24,25)26)9-17(11)19-20(27)13-4-5-14(8-13)21(19)28/h6-7,10-14,17,27H,2-5,8-9H2,1H3/t11?,12?,13?,14-,17?/m1/s1. The van der Waals surface area contributed by atoms with E-state index >= 15 is 0 Å².